The molecule has 0 aliphatic carbocycles. The quantitative estimate of drug-likeness (QED) is 0.534. The van der Waals surface area contributed by atoms with Gasteiger partial charge in [0.2, 0.25) is 5.91 Å². The van der Waals surface area contributed by atoms with E-state index >= 15 is 0 Å². The molecule has 2 aromatic rings. The lowest BCUT2D eigenvalue weighted by atomic mass is 10.1. The van der Waals surface area contributed by atoms with Crippen molar-refractivity contribution in [1.82, 2.24) is 5.32 Å². The van der Waals surface area contributed by atoms with Gasteiger partial charge >= 0.3 is 0 Å². The molecule has 0 fully saturated rings. The number of para-hydroxylation sites is 2. The van der Waals surface area contributed by atoms with Crippen LogP contribution >= 0.6 is 0 Å². The molecule has 1 unspecified atom stereocenters. The molecule has 1 atom stereocenters. The van der Waals surface area contributed by atoms with Crippen LogP contribution in [0.4, 0.5) is 11.4 Å². The fourth-order valence-corrected chi connectivity index (χ4v) is 2.12. The number of hydrogen-bond acceptors (Lipinski definition) is 5. The second kappa shape index (κ2) is 7.90. The van der Waals surface area contributed by atoms with Gasteiger partial charge in [-0.3, -0.25) is 14.9 Å². The van der Waals surface area contributed by atoms with E-state index in [2.05, 4.69) is 10.6 Å². The third kappa shape index (κ3) is 4.52. The average Bonchev–Trinajstić information content (AvgIpc) is 2.58. The zero-order valence-corrected chi connectivity index (χ0v) is 12.3. The first-order valence-corrected chi connectivity index (χ1v) is 7.04. The second-order valence-electron chi connectivity index (χ2n) is 4.84. The van der Waals surface area contributed by atoms with Gasteiger partial charge in [-0.2, -0.15) is 0 Å². The first-order chi connectivity index (χ1) is 11.1. The number of benzene rings is 2. The molecule has 3 N–H and O–H groups in total. The van der Waals surface area contributed by atoms with Crippen molar-refractivity contribution in [3.05, 3.63) is 70.3 Å². The summed E-state index contributed by atoms with van der Waals surface area (Å²) in [6.07, 6.45) is 0. The first-order valence-electron chi connectivity index (χ1n) is 7.04. The Labute approximate surface area is 133 Å². The van der Waals surface area contributed by atoms with Gasteiger partial charge in [-0.1, -0.05) is 42.5 Å². The van der Waals surface area contributed by atoms with Crippen molar-refractivity contribution in [2.45, 2.75) is 6.04 Å². The molecule has 23 heavy (non-hydrogen) atoms. The fraction of sp³-hybridized carbons (Fsp3) is 0.188. The summed E-state index contributed by atoms with van der Waals surface area (Å²) < 4.78 is 0. The minimum Gasteiger partial charge on any atom is -0.394 e. The van der Waals surface area contributed by atoms with E-state index in [-0.39, 0.29) is 30.4 Å². The van der Waals surface area contributed by atoms with Crippen LogP contribution in [-0.4, -0.2) is 29.1 Å². The van der Waals surface area contributed by atoms with Crippen molar-refractivity contribution in [1.29, 1.82) is 0 Å². The number of nitro groups is 1. The molecule has 7 nitrogen and oxygen atoms in total. The molecule has 1 amide bonds. The third-order valence-corrected chi connectivity index (χ3v) is 3.26. The van der Waals surface area contributed by atoms with Crippen molar-refractivity contribution in [2.75, 3.05) is 18.5 Å². The Kier molecular flexibility index (Phi) is 5.65. The molecule has 0 spiro atoms. The summed E-state index contributed by atoms with van der Waals surface area (Å²) in [6, 6.07) is 14.7. The Morgan fingerprint density at radius 2 is 1.78 bits per heavy atom. The van der Waals surface area contributed by atoms with E-state index in [4.69, 9.17) is 0 Å². The highest BCUT2D eigenvalue weighted by atomic mass is 16.6. The molecule has 0 bridgehead atoms. The maximum atomic E-state index is 12.0. The minimum atomic E-state index is -0.517. The van der Waals surface area contributed by atoms with Crippen LogP contribution in [0.15, 0.2) is 54.6 Å². The SMILES string of the molecule is O=C(CNc1ccccc1[N+](=O)[O-])NC(CO)c1ccccc1. The summed E-state index contributed by atoms with van der Waals surface area (Å²) in [7, 11) is 0. The molecule has 0 saturated heterocycles. The third-order valence-electron chi connectivity index (χ3n) is 3.26. The summed E-state index contributed by atoms with van der Waals surface area (Å²) in [6.45, 7) is -0.366. The van der Waals surface area contributed by atoms with E-state index in [1.165, 1.54) is 12.1 Å². The number of aliphatic hydroxyl groups is 1. The molecular formula is C16H17N3O4. The zero-order chi connectivity index (χ0) is 16.7. The molecular weight excluding hydrogens is 298 g/mol. The number of nitrogens with one attached hydrogen (secondary N) is 2. The Bertz CT molecular complexity index is 676. The van der Waals surface area contributed by atoms with Gasteiger partial charge < -0.3 is 15.7 Å². The largest absolute Gasteiger partial charge is 0.394 e. The number of amides is 1. The molecule has 2 aromatic carbocycles. The molecule has 0 heterocycles. The van der Waals surface area contributed by atoms with Crippen LogP contribution in [0.1, 0.15) is 11.6 Å². The Morgan fingerprint density at radius 3 is 2.43 bits per heavy atom. The number of carbonyl (C=O) groups is 1. The van der Waals surface area contributed by atoms with E-state index in [0.29, 0.717) is 0 Å². The highest BCUT2D eigenvalue weighted by Crippen LogP contribution is 2.22. The lowest BCUT2D eigenvalue weighted by Crippen LogP contribution is -2.35. The number of nitro benzene ring substituents is 1. The summed E-state index contributed by atoms with van der Waals surface area (Å²) >= 11 is 0. The Morgan fingerprint density at radius 1 is 1.13 bits per heavy atom. The monoisotopic (exact) mass is 315 g/mol. The van der Waals surface area contributed by atoms with Gasteiger partial charge in [0.05, 0.1) is 24.1 Å². The molecule has 0 aliphatic rings. The topological polar surface area (TPSA) is 104 Å². The van der Waals surface area contributed by atoms with Crippen LogP contribution in [0.5, 0.6) is 0 Å². The van der Waals surface area contributed by atoms with Gasteiger partial charge in [0.25, 0.3) is 5.69 Å². The number of anilines is 1. The lowest BCUT2D eigenvalue weighted by molar-refractivity contribution is -0.383. The van der Waals surface area contributed by atoms with E-state index in [1.54, 1.807) is 24.3 Å². The molecule has 7 heteroatoms. The maximum absolute atomic E-state index is 12.0. The van der Waals surface area contributed by atoms with Crippen molar-refractivity contribution in [2.24, 2.45) is 0 Å². The maximum Gasteiger partial charge on any atom is 0.292 e. The number of nitrogens with zero attached hydrogens (tertiary/aromatic N) is 1. The molecule has 120 valence electrons. The van der Waals surface area contributed by atoms with Gasteiger partial charge in [0.15, 0.2) is 0 Å². The number of carbonyl (C=O) groups excluding carboxylic acids is 1. The summed E-state index contributed by atoms with van der Waals surface area (Å²) in [5, 5.41) is 25.7. The van der Waals surface area contributed by atoms with Gasteiger partial charge in [-0.25, -0.2) is 0 Å². The zero-order valence-electron chi connectivity index (χ0n) is 12.3. The molecule has 0 aliphatic heterocycles. The van der Waals surface area contributed by atoms with Gasteiger partial charge in [0.1, 0.15) is 5.69 Å². The number of hydrogen-bond donors (Lipinski definition) is 3. The number of rotatable bonds is 7. The van der Waals surface area contributed by atoms with Crippen LogP contribution in [0.3, 0.4) is 0 Å². The first kappa shape index (κ1) is 16.4. The van der Waals surface area contributed by atoms with Gasteiger partial charge in [0, 0.05) is 6.07 Å². The Hall–Kier alpha value is -2.93. The predicted octanol–water partition coefficient (Wildman–Crippen LogP) is 1.86. The molecule has 2 rings (SSSR count). The van der Waals surface area contributed by atoms with Crippen LogP contribution in [-0.2, 0) is 4.79 Å². The van der Waals surface area contributed by atoms with Crippen LogP contribution in [0, 0.1) is 10.1 Å². The second-order valence-corrected chi connectivity index (χ2v) is 4.84. The van der Waals surface area contributed by atoms with E-state index < -0.39 is 11.0 Å². The average molecular weight is 315 g/mol. The smallest absolute Gasteiger partial charge is 0.292 e. The standard InChI is InChI=1S/C16H17N3O4/c20-11-14(12-6-2-1-3-7-12)18-16(21)10-17-13-8-4-5-9-15(13)19(22)23/h1-9,14,17,20H,10-11H2,(H,18,21). The van der Waals surface area contributed by atoms with E-state index in [1.807, 2.05) is 18.2 Å². The predicted molar refractivity (Wildman–Crippen MR) is 86.0 cm³/mol. The van der Waals surface area contributed by atoms with E-state index in [0.717, 1.165) is 5.56 Å². The van der Waals surface area contributed by atoms with Crippen molar-refractivity contribution in [3.63, 3.8) is 0 Å². The van der Waals surface area contributed by atoms with Crippen molar-refractivity contribution >= 4 is 17.3 Å². The lowest BCUT2D eigenvalue weighted by Gasteiger charge is -2.17. The molecule has 0 aromatic heterocycles. The molecule has 0 saturated carbocycles. The van der Waals surface area contributed by atoms with Crippen LogP contribution in [0.25, 0.3) is 0 Å². The normalized spacial score (nSPS) is 11.5. The highest BCUT2D eigenvalue weighted by molar-refractivity contribution is 5.82. The van der Waals surface area contributed by atoms with Crippen LogP contribution < -0.4 is 10.6 Å². The summed E-state index contributed by atoms with van der Waals surface area (Å²) in [5.41, 5.74) is 0.962. The van der Waals surface area contributed by atoms with E-state index in [9.17, 15) is 20.0 Å². The highest BCUT2D eigenvalue weighted by Gasteiger charge is 2.15. The molecule has 0 radical (unpaired) electrons. The van der Waals surface area contributed by atoms with Gasteiger partial charge in [-0.05, 0) is 11.6 Å². The summed E-state index contributed by atoms with van der Waals surface area (Å²) in [5.74, 6) is -0.369. The number of aliphatic hydroxyl groups excluding tert-OH is 1. The van der Waals surface area contributed by atoms with Crippen molar-refractivity contribution < 1.29 is 14.8 Å². The van der Waals surface area contributed by atoms with Crippen molar-refractivity contribution in [3.8, 4) is 0 Å². The fourth-order valence-electron chi connectivity index (χ4n) is 2.12. The van der Waals surface area contributed by atoms with Gasteiger partial charge in [-0.15, -0.1) is 0 Å². The summed E-state index contributed by atoms with van der Waals surface area (Å²) in [4.78, 5) is 22.4. The Balaban J connectivity index is 1.96. The minimum absolute atomic E-state index is 0.0953. The van der Waals surface area contributed by atoms with Crippen LogP contribution in [0.2, 0.25) is 0 Å².